The highest BCUT2D eigenvalue weighted by molar-refractivity contribution is 5.93. The summed E-state index contributed by atoms with van der Waals surface area (Å²) in [4.78, 5) is 12.0. The molecule has 0 aliphatic heterocycles. The minimum atomic E-state index is -2.59. The molecule has 0 aromatic heterocycles. The van der Waals surface area contributed by atoms with Gasteiger partial charge < -0.3 is 5.11 Å². The first-order valence-corrected chi connectivity index (χ1v) is 11.7. The molecule has 1 aromatic rings. The molecule has 4 aliphatic rings. The second-order valence-corrected chi connectivity index (χ2v) is 10.0. The lowest BCUT2D eigenvalue weighted by Gasteiger charge is -2.52. The number of hydrogen-bond donors (Lipinski definition) is 1. The molecule has 32 heavy (non-hydrogen) atoms. The van der Waals surface area contributed by atoms with Gasteiger partial charge >= 0.3 is 0 Å². The van der Waals surface area contributed by atoms with Gasteiger partial charge in [-0.2, -0.15) is 8.78 Å². The fourth-order valence-corrected chi connectivity index (χ4v) is 6.89. The number of halogens is 2. The lowest BCUT2D eigenvalue weighted by Crippen LogP contribution is -2.45. The lowest BCUT2D eigenvalue weighted by molar-refractivity contribution is -0.114. The molecule has 0 radical (unpaired) electrons. The number of benzene rings is 1. The summed E-state index contributed by atoms with van der Waals surface area (Å²) in [6.07, 6.45) is 10.3. The maximum atomic E-state index is 12.0. The van der Waals surface area contributed by atoms with Crippen LogP contribution in [-0.4, -0.2) is 23.4 Å². The summed E-state index contributed by atoms with van der Waals surface area (Å²) in [6.45, 7) is 4.57. The molecule has 5 atom stereocenters. The average molecular weight is 439 g/mol. The maximum Gasteiger partial charge on any atom is 0.298 e. The highest BCUT2D eigenvalue weighted by Crippen LogP contribution is 2.63. The van der Waals surface area contributed by atoms with E-state index in [2.05, 4.69) is 44.5 Å². The topological polar surface area (TPSA) is 37.3 Å². The molecule has 0 heterocycles. The second-order valence-electron chi connectivity index (χ2n) is 10.0. The summed E-state index contributed by atoms with van der Waals surface area (Å²) in [6, 6.07) is 8.80. The van der Waals surface area contributed by atoms with Crippen molar-refractivity contribution in [1.29, 1.82) is 0 Å². The number of hydrogen-bond acceptors (Lipinski definition) is 2. The molecule has 0 amide bonds. The van der Waals surface area contributed by atoms with Crippen molar-refractivity contribution in [2.24, 2.45) is 17.3 Å². The van der Waals surface area contributed by atoms with Gasteiger partial charge in [0.25, 0.3) is 6.43 Å². The van der Waals surface area contributed by atoms with Gasteiger partial charge in [-0.05, 0) is 97.0 Å². The van der Waals surface area contributed by atoms with E-state index in [-0.39, 0.29) is 11.5 Å². The quantitative estimate of drug-likeness (QED) is 0.535. The van der Waals surface area contributed by atoms with Crippen LogP contribution in [0.5, 0.6) is 0 Å². The number of rotatable bonds is 1. The molecule has 4 aliphatic carbocycles. The van der Waals surface area contributed by atoms with E-state index in [1.54, 1.807) is 5.57 Å². The number of terminal acetylenes is 1. The number of carbonyl (C=O) groups is 1. The summed E-state index contributed by atoms with van der Waals surface area (Å²) in [5.41, 5.74) is 7.26. The van der Waals surface area contributed by atoms with E-state index < -0.39 is 6.43 Å². The van der Waals surface area contributed by atoms with Crippen LogP contribution in [0, 0.1) is 36.5 Å². The highest BCUT2D eigenvalue weighted by atomic mass is 19.3. The van der Waals surface area contributed by atoms with Gasteiger partial charge in [0.15, 0.2) is 5.78 Å². The molecule has 5 unspecified atom stereocenters. The smallest absolute Gasteiger partial charge is 0.298 e. The van der Waals surface area contributed by atoms with Gasteiger partial charge in [0.1, 0.15) is 0 Å². The van der Waals surface area contributed by atoms with Crippen molar-refractivity contribution in [3.05, 3.63) is 58.2 Å². The third-order valence-corrected chi connectivity index (χ3v) is 8.37. The van der Waals surface area contributed by atoms with Crippen molar-refractivity contribution in [3.63, 3.8) is 0 Å². The maximum absolute atomic E-state index is 12.0. The van der Waals surface area contributed by atoms with E-state index in [1.165, 1.54) is 28.2 Å². The highest BCUT2D eigenvalue weighted by Gasteiger charge is 2.56. The van der Waals surface area contributed by atoms with Crippen LogP contribution in [0.25, 0.3) is 0 Å². The van der Waals surface area contributed by atoms with Crippen LogP contribution in [0.1, 0.15) is 68.9 Å². The van der Waals surface area contributed by atoms with Gasteiger partial charge in [-0.1, -0.05) is 36.8 Å². The molecule has 2 saturated carbocycles. The van der Waals surface area contributed by atoms with E-state index in [0.717, 1.165) is 38.5 Å². The standard InChI is InChI=1S/C25H30O2.C3H2F2/c1-15-5-3-4-6-18(15)21-14-25(2)22(11-12-23(25)27)20-9-7-16-13-17(26)8-10-19(16)24(20)21;1-2-3(4)5/h3-6,13,20-23,27H,7-12,14H2,1-2H3;1,3H. The van der Waals surface area contributed by atoms with E-state index in [9.17, 15) is 18.7 Å². The van der Waals surface area contributed by atoms with Gasteiger partial charge in [-0.15, -0.1) is 6.42 Å². The Morgan fingerprint density at radius 3 is 2.56 bits per heavy atom. The van der Waals surface area contributed by atoms with Crippen molar-refractivity contribution < 1.29 is 18.7 Å². The van der Waals surface area contributed by atoms with Gasteiger partial charge in [-0.25, -0.2) is 0 Å². The summed E-state index contributed by atoms with van der Waals surface area (Å²) in [7, 11) is 0. The van der Waals surface area contributed by atoms with Crippen LogP contribution < -0.4 is 0 Å². The number of ketones is 1. The third kappa shape index (κ3) is 3.97. The van der Waals surface area contributed by atoms with Gasteiger partial charge in [-0.3, -0.25) is 4.79 Å². The van der Waals surface area contributed by atoms with Crippen LogP contribution >= 0.6 is 0 Å². The van der Waals surface area contributed by atoms with Crippen LogP contribution in [0.4, 0.5) is 8.78 Å². The summed E-state index contributed by atoms with van der Waals surface area (Å²) in [5.74, 6) is 3.05. The van der Waals surface area contributed by atoms with Crippen molar-refractivity contribution in [2.45, 2.75) is 77.2 Å². The van der Waals surface area contributed by atoms with E-state index in [0.29, 0.717) is 30.0 Å². The first kappa shape index (κ1) is 22.9. The summed E-state index contributed by atoms with van der Waals surface area (Å²) in [5, 5.41) is 10.9. The number of carbonyl (C=O) groups excluding carboxylic acids is 1. The third-order valence-electron chi connectivity index (χ3n) is 8.37. The van der Waals surface area contributed by atoms with E-state index in [1.807, 2.05) is 6.08 Å². The molecule has 5 rings (SSSR count). The zero-order valence-electron chi connectivity index (χ0n) is 18.9. The molecule has 2 fully saturated rings. The Bertz CT molecular complexity index is 999. The zero-order valence-corrected chi connectivity index (χ0v) is 18.9. The first-order chi connectivity index (χ1) is 15.3. The Morgan fingerprint density at radius 1 is 1.16 bits per heavy atom. The molecule has 170 valence electrons. The first-order valence-electron chi connectivity index (χ1n) is 11.7. The Hall–Kier alpha value is -2.25. The predicted octanol–water partition coefficient (Wildman–Crippen LogP) is 6.14. The molecular weight excluding hydrogens is 406 g/mol. The monoisotopic (exact) mass is 438 g/mol. The number of allylic oxidation sites excluding steroid dienone is 4. The summed E-state index contributed by atoms with van der Waals surface area (Å²) < 4.78 is 21.1. The fraction of sp³-hybridized carbons (Fsp3) is 0.536. The van der Waals surface area contributed by atoms with Gasteiger partial charge in [0, 0.05) is 12.3 Å². The van der Waals surface area contributed by atoms with Crippen molar-refractivity contribution in [3.8, 4) is 12.3 Å². The minimum absolute atomic E-state index is 0.0212. The second kappa shape index (κ2) is 8.94. The van der Waals surface area contributed by atoms with Crippen molar-refractivity contribution in [2.75, 3.05) is 0 Å². The molecule has 0 bridgehead atoms. The van der Waals surface area contributed by atoms with E-state index >= 15 is 0 Å². The molecule has 4 heteroatoms. The predicted molar refractivity (Wildman–Crippen MR) is 122 cm³/mol. The van der Waals surface area contributed by atoms with Gasteiger partial charge in [0.05, 0.1) is 6.10 Å². The molecule has 2 nitrogen and oxygen atoms in total. The number of fused-ring (bicyclic) bond motifs is 4. The Kier molecular flexibility index (Phi) is 6.41. The number of aliphatic hydroxyl groups is 1. The molecule has 1 N–H and O–H groups in total. The molecule has 0 saturated heterocycles. The summed E-state index contributed by atoms with van der Waals surface area (Å²) >= 11 is 0. The fourth-order valence-electron chi connectivity index (χ4n) is 6.89. The zero-order chi connectivity index (χ0) is 23.0. The van der Waals surface area contributed by atoms with Crippen LogP contribution in [-0.2, 0) is 4.79 Å². The van der Waals surface area contributed by atoms with E-state index in [4.69, 9.17) is 0 Å². The Balaban J connectivity index is 0.000000444. The Labute approximate surface area is 189 Å². The number of alkyl halides is 2. The van der Waals surface area contributed by atoms with Crippen molar-refractivity contribution in [1.82, 2.24) is 0 Å². The molecule has 0 spiro atoms. The minimum Gasteiger partial charge on any atom is -0.393 e. The SMILES string of the molecule is C#CC(F)F.Cc1ccccc1C1CC2(C)C(O)CCC2C2CCC3=CC(=O)CCC3=C12. The largest absolute Gasteiger partial charge is 0.393 e. The number of aliphatic hydroxyl groups excluding tert-OH is 1. The lowest BCUT2D eigenvalue weighted by atomic mass is 9.53. The average Bonchev–Trinajstić information content (AvgIpc) is 3.08. The normalized spacial score (nSPS) is 33.4. The Morgan fingerprint density at radius 2 is 1.88 bits per heavy atom. The van der Waals surface area contributed by atoms with Gasteiger partial charge in [0.2, 0.25) is 0 Å². The van der Waals surface area contributed by atoms with Crippen LogP contribution in [0.3, 0.4) is 0 Å². The van der Waals surface area contributed by atoms with Crippen LogP contribution in [0.15, 0.2) is 47.1 Å². The van der Waals surface area contributed by atoms with Crippen LogP contribution in [0.2, 0.25) is 0 Å². The number of aryl methyl sites for hydroxylation is 1. The molecule has 1 aromatic carbocycles. The van der Waals surface area contributed by atoms with Crippen molar-refractivity contribution >= 4 is 5.78 Å². The molecular formula is C28H32F2O2.